The molecular formula is C28H30N2O5S. The van der Waals surface area contributed by atoms with Gasteiger partial charge in [0.1, 0.15) is 22.6 Å². The number of methoxy groups -OCH3 is 2. The summed E-state index contributed by atoms with van der Waals surface area (Å²) in [6, 6.07) is 20.0. The Morgan fingerprint density at radius 1 is 1.03 bits per heavy atom. The Balaban J connectivity index is 1.57. The molecule has 1 aliphatic heterocycles. The van der Waals surface area contributed by atoms with Crippen LogP contribution in [0, 0.1) is 0 Å². The lowest BCUT2D eigenvalue weighted by molar-refractivity contribution is -0.115. The Morgan fingerprint density at radius 2 is 1.78 bits per heavy atom. The molecule has 0 bridgehead atoms. The van der Waals surface area contributed by atoms with Gasteiger partial charge in [0.05, 0.1) is 32.3 Å². The van der Waals surface area contributed by atoms with Crippen LogP contribution in [0.5, 0.6) is 17.2 Å². The van der Waals surface area contributed by atoms with Crippen molar-refractivity contribution in [2.45, 2.75) is 25.1 Å². The lowest BCUT2D eigenvalue weighted by Gasteiger charge is -2.27. The molecule has 1 heterocycles. The minimum absolute atomic E-state index is 0.0340. The molecule has 3 aromatic rings. The van der Waals surface area contributed by atoms with Crippen LogP contribution in [0.1, 0.15) is 41.1 Å². The minimum Gasteiger partial charge on any atom is -0.497 e. The zero-order chi connectivity index (χ0) is 25.5. The number of ether oxygens (including phenoxy) is 3. The molecule has 0 unspecified atom stereocenters. The van der Waals surface area contributed by atoms with Crippen molar-refractivity contribution in [3.05, 3.63) is 77.9 Å². The van der Waals surface area contributed by atoms with Crippen LogP contribution < -0.4 is 24.4 Å². The van der Waals surface area contributed by atoms with Crippen LogP contribution in [0.25, 0.3) is 0 Å². The van der Waals surface area contributed by atoms with Gasteiger partial charge in [0.25, 0.3) is 5.91 Å². The molecule has 3 aromatic carbocycles. The third kappa shape index (κ3) is 5.60. The van der Waals surface area contributed by atoms with E-state index in [1.54, 1.807) is 55.5 Å². The first-order valence-corrected chi connectivity index (χ1v) is 12.9. The Kier molecular flexibility index (Phi) is 8.38. The number of hydrogen-bond donors (Lipinski definition) is 1. The second kappa shape index (κ2) is 11.9. The maximum atomic E-state index is 13.1. The van der Waals surface area contributed by atoms with Crippen LogP contribution in [0.4, 0.5) is 11.4 Å². The molecule has 7 nitrogen and oxygen atoms in total. The van der Waals surface area contributed by atoms with Gasteiger partial charge in [0.2, 0.25) is 5.91 Å². The number of nitrogens with one attached hydrogen (secondary N) is 1. The number of thioether (sulfide) groups is 1. The molecule has 1 fully saturated rings. The van der Waals surface area contributed by atoms with Gasteiger partial charge < -0.3 is 19.5 Å². The van der Waals surface area contributed by atoms with E-state index in [9.17, 15) is 9.59 Å². The number of nitrogens with zero attached hydrogens (tertiary/aromatic N) is 1. The number of unbranched alkanes of at least 4 members (excludes halogenated alkanes) is 1. The highest BCUT2D eigenvalue weighted by atomic mass is 32.2. The maximum Gasteiger partial charge on any atom is 0.255 e. The molecule has 36 heavy (non-hydrogen) atoms. The van der Waals surface area contributed by atoms with Crippen molar-refractivity contribution < 1.29 is 23.8 Å². The van der Waals surface area contributed by atoms with Gasteiger partial charge in [0, 0.05) is 22.9 Å². The highest BCUT2D eigenvalue weighted by molar-refractivity contribution is 8.00. The van der Waals surface area contributed by atoms with Crippen molar-refractivity contribution in [2.24, 2.45) is 0 Å². The van der Waals surface area contributed by atoms with Crippen molar-refractivity contribution in [1.29, 1.82) is 0 Å². The highest BCUT2D eigenvalue weighted by Crippen LogP contribution is 2.47. The van der Waals surface area contributed by atoms with Crippen molar-refractivity contribution in [3.8, 4) is 17.2 Å². The number of carbonyl (C=O) groups excluding carboxylic acids is 2. The van der Waals surface area contributed by atoms with E-state index in [4.69, 9.17) is 14.2 Å². The first-order chi connectivity index (χ1) is 17.5. The van der Waals surface area contributed by atoms with Gasteiger partial charge in [-0.15, -0.1) is 11.8 Å². The van der Waals surface area contributed by atoms with Crippen molar-refractivity contribution in [2.75, 3.05) is 36.8 Å². The second-order valence-electron chi connectivity index (χ2n) is 8.23. The zero-order valence-corrected chi connectivity index (χ0v) is 21.5. The molecule has 8 heteroatoms. The number of benzene rings is 3. The molecule has 0 spiro atoms. The summed E-state index contributed by atoms with van der Waals surface area (Å²) >= 11 is 1.51. The van der Waals surface area contributed by atoms with E-state index in [1.165, 1.54) is 11.8 Å². The third-order valence-corrected chi connectivity index (χ3v) is 7.07. The van der Waals surface area contributed by atoms with E-state index in [0.29, 0.717) is 40.8 Å². The number of rotatable bonds is 10. The molecule has 1 saturated heterocycles. The van der Waals surface area contributed by atoms with Crippen molar-refractivity contribution in [1.82, 2.24) is 0 Å². The van der Waals surface area contributed by atoms with Gasteiger partial charge in [-0.3, -0.25) is 14.5 Å². The van der Waals surface area contributed by atoms with Crippen LogP contribution in [-0.4, -0.2) is 38.4 Å². The van der Waals surface area contributed by atoms with Crippen molar-refractivity contribution in [3.63, 3.8) is 0 Å². The third-order valence-electron chi connectivity index (χ3n) is 5.87. The lowest BCUT2D eigenvalue weighted by atomic mass is 10.1. The summed E-state index contributed by atoms with van der Waals surface area (Å²) < 4.78 is 16.6. The molecule has 0 saturated carbocycles. The van der Waals surface area contributed by atoms with E-state index >= 15 is 0 Å². The topological polar surface area (TPSA) is 77.1 Å². The molecule has 0 radical (unpaired) electrons. The molecule has 188 valence electrons. The predicted molar refractivity (Wildman–Crippen MR) is 143 cm³/mol. The molecule has 4 rings (SSSR count). The van der Waals surface area contributed by atoms with Crippen molar-refractivity contribution >= 4 is 35.0 Å². The monoisotopic (exact) mass is 506 g/mol. The summed E-state index contributed by atoms with van der Waals surface area (Å²) in [6.45, 7) is 2.77. The first kappa shape index (κ1) is 25.4. The van der Waals surface area contributed by atoms with Crippen LogP contribution in [-0.2, 0) is 4.79 Å². The van der Waals surface area contributed by atoms with E-state index in [-0.39, 0.29) is 17.2 Å². The summed E-state index contributed by atoms with van der Waals surface area (Å²) in [4.78, 5) is 27.8. The van der Waals surface area contributed by atoms with Gasteiger partial charge in [-0.1, -0.05) is 31.5 Å². The molecule has 1 N–H and O–H groups in total. The minimum atomic E-state index is -0.328. The van der Waals surface area contributed by atoms with E-state index in [1.807, 2.05) is 30.3 Å². The normalized spacial score (nSPS) is 15.0. The van der Waals surface area contributed by atoms with Gasteiger partial charge in [-0.25, -0.2) is 0 Å². The van der Waals surface area contributed by atoms with E-state index in [2.05, 4.69) is 12.2 Å². The number of carbonyl (C=O) groups is 2. The molecular weight excluding hydrogens is 476 g/mol. The molecule has 2 amide bonds. The van der Waals surface area contributed by atoms with Gasteiger partial charge in [-0.2, -0.15) is 0 Å². The number of anilines is 2. The maximum absolute atomic E-state index is 13.1. The standard InChI is InChI=1S/C28H30N2O5S/c1-4-5-16-35-20-12-10-19(11-13-20)27(32)29-23-9-7-6-8-22(23)28-30(26(31)18-36-28)24-15-14-21(33-2)17-25(24)34-3/h6-15,17,28H,4-5,16,18H2,1-3H3,(H,29,32)/t28-/m1/s1. The Hall–Kier alpha value is -3.65. The highest BCUT2D eigenvalue weighted by Gasteiger charge is 2.37. The van der Waals surface area contributed by atoms with Gasteiger partial charge in [-0.05, 0) is 48.9 Å². The first-order valence-electron chi connectivity index (χ1n) is 11.8. The number of para-hydroxylation sites is 1. The fraction of sp³-hybridized carbons (Fsp3) is 0.286. The van der Waals surface area contributed by atoms with Crippen LogP contribution in [0.15, 0.2) is 66.7 Å². The summed E-state index contributed by atoms with van der Waals surface area (Å²) in [6.07, 6.45) is 2.05. The SMILES string of the molecule is CCCCOc1ccc(C(=O)Nc2ccccc2[C@H]2SCC(=O)N2c2ccc(OC)cc2OC)cc1. The molecule has 0 aromatic heterocycles. The number of hydrogen-bond acceptors (Lipinski definition) is 6. The van der Waals surface area contributed by atoms with E-state index < -0.39 is 0 Å². The fourth-order valence-electron chi connectivity index (χ4n) is 3.96. The summed E-state index contributed by atoms with van der Waals surface area (Å²) in [5.41, 5.74) is 2.66. The summed E-state index contributed by atoms with van der Waals surface area (Å²) in [7, 11) is 3.15. The quantitative estimate of drug-likeness (QED) is 0.344. The Bertz CT molecular complexity index is 1210. The Morgan fingerprint density at radius 3 is 2.50 bits per heavy atom. The summed E-state index contributed by atoms with van der Waals surface area (Å²) in [5.74, 6) is 1.98. The van der Waals surface area contributed by atoms with Crippen LogP contribution >= 0.6 is 11.8 Å². The molecule has 1 atom stereocenters. The zero-order valence-electron chi connectivity index (χ0n) is 20.7. The summed E-state index contributed by atoms with van der Waals surface area (Å²) in [5, 5.41) is 2.70. The van der Waals surface area contributed by atoms with Crippen LogP contribution in [0.2, 0.25) is 0 Å². The Labute approximate surface area is 215 Å². The fourth-order valence-corrected chi connectivity index (χ4v) is 5.16. The predicted octanol–water partition coefficient (Wildman–Crippen LogP) is 5.91. The number of amides is 2. The average molecular weight is 507 g/mol. The van der Waals surface area contributed by atoms with E-state index in [0.717, 1.165) is 24.2 Å². The van der Waals surface area contributed by atoms with Gasteiger partial charge in [0.15, 0.2) is 0 Å². The second-order valence-corrected chi connectivity index (χ2v) is 9.30. The smallest absolute Gasteiger partial charge is 0.255 e. The van der Waals surface area contributed by atoms with Crippen LogP contribution in [0.3, 0.4) is 0 Å². The molecule has 0 aliphatic carbocycles. The molecule has 1 aliphatic rings. The average Bonchev–Trinajstić information content (AvgIpc) is 3.29. The lowest BCUT2D eigenvalue weighted by Crippen LogP contribution is -2.29. The van der Waals surface area contributed by atoms with Gasteiger partial charge >= 0.3 is 0 Å². The largest absolute Gasteiger partial charge is 0.497 e.